The first kappa shape index (κ1) is 28.5. The van der Waals surface area contributed by atoms with Gasteiger partial charge in [0.15, 0.2) is 5.69 Å². The molecule has 0 unspecified atom stereocenters. The van der Waals surface area contributed by atoms with Crippen molar-refractivity contribution in [3.8, 4) is 17.5 Å². The number of nitrogens with zero attached hydrogens (tertiary/aromatic N) is 3. The number of anilines is 1. The first-order valence-corrected chi connectivity index (χ1v) is 11.3. The summed E-state index contributed by atoms with van der Waals surface area (Å²) >= 11 is 0. The zero-order valence-corrected chi connectivity index (χ0v) is 20.4. The molecule has 0 saturated carbocycles. The van der Waals surface area contributed by atoms with Crippen molar-refractivity contribution in [2.45, 2.75) is 89.5 Å². The number of aliphatic hydroxyl groups is 1. The number of alkyl halides is 6. The topological polar surface area (TPSA) is 120 Å². The van der Waals surface area contributed by atoms with Crippen molar-refractivity contribution >= 4 is 11.8 Å². The normalized spacial score (nSPS) is 21.5. The Kier molecular flexibility index (Phi) is 7.68. The summed E-state index contributed by atoms with van der Waals surface area (Å²) in [6, 6.07) is 0.486. The van der Waals surface area contributed by atoms with Crippen LogP contribution in [-0.4, -0.2) is 44.3 Å². The lowest BCUT2D eigenvalue weighted by atomic mass is 9.94. The van der Waals surface area contributed by atoms with Gasteiger partial charge in [-0.25, -0.2) is 9.78 Å². The quantitative estimate of drug-likeness (QED) is 0.424. The average Bonchev–Trinajstić information content (AvgIpc) is 3.21. The van der Waals surface area contributed by atoms with E-state index in [2.05, 4.69) is 20.5 Å². The minimum atomic E-state index is -5.19. The lowest BCUT2D eigenvalue weighted by Crippen LogP contribution is -2.42. The van der Waals surface area contributed by atoms with Gasteiger partial charge in [-0.05, 0) is 59.4 Å². The SMILES string of the molecule is C[C@@H]1CCCCC[C@](O)(C(F)(F)F)c2nnc(o2)-c2nc(c(C(F)(F)F)cc2NC(=O)OC(C)(C)C)O1. The van der Waals surface area contributed by atoms with Crippen molar-refractivity contribution in [1.29, 1.82) is 0 Å². The molecule has 1 aliphatic heterocycles. The summed E-state index contributed by atoms with van der Waals surface area (Å²) in [6.07, 6.45) is -12.3. The molecule has 9 nitrogen and oxygen atoms in total. The summed E-state index contributed by atoms with van der Waals surface area (Å²) in [6.45, 7) is 6.02. The molecular weight excluding hydrogens is 514 g/mol. The predicted octanol–water partition coefficient (Wildman–Crippen LogP) is 5.98. The van der Waals surface area contributed by atoms with Gasteiger partial charge in [-0.1, -0.05) is 6.42 Å². The van der Waals surface area contributed by atoms with E-state index in [4.69, 9.17) is 13.9 Å². The average molecular weight is 540 g/mol. The second kappa shape index (κ2) is 9.99. The van der Waals surface area contributed by atoms with Crippen LogP contribution in [0.3, 0.4) is 0 Å². The molecule has 2 N–H and O–H groups in total. The highest BCUT2D eigenvalue weighted by Gasteiger charge is 2.58. The first-order chi connectivity index (χ1) is 16.9. The van der Waals surface area contributed by atoms with E-state index < -0.39 is 76.8 Å². The van der Waals surface area contributed by atoms with Crippen molar-refractivity contribution in [2.75, 3.05) is 5.32 Å². The van der Waals surface area contributed by atoms with Crippen molar-refractivity contribution < 1.29 is 50.1 Å². The summed E-state index contributed by atoms with van der Waals surface area (Å²) in [5.74, 6) is -2.90. The Hall–Kier alpha value is -3.10. The molecule has 1 amide bonds. The molecule has 0 fully saturated rings. The Morgan fingerprint density at radius 1 is 1.14 bits per heavy atom. The van der Waals surface area contributed by atoms with E-state index in [1.165, 1.54) is 27.7 Å². The Bertz CT molecular complexity index is 1130. The fourth-order valence-corrected chi connectivity index (χ4v) is 3.56. The molecule has 0 radical (unpaired) electrons. The van der Waals surface area contributed by atoms with E-state index >= 15 is 0 Å². The molecule has 3 heterocycles. The molecule has 0 aliphatic carbocycles. The molecule has 3 rings (SSSR count). The van der Waals surface area contributed by atoms with E-state index in [-0.39, 0.29) is 19.3 Å². The smallest absolute Gasteiger partial charge is 0.426 e. The number of carbonyl (C=O) groups excluding carboxylic acids is 1. The van der Waals surface area contributed by atoms with Crippen LogP contribution in [0.15, 0.2) is 10.5 Å². The van der Waals surface area contributed by atoms with Crippen molar-refractivity contribution in [3.63, 3.8) is 0 Å². The van der Waals surface area contributed by atoms with Gasteiger partial charge in [0.05, 0.1) is 11.8 Å². The van der Waals surface area contributed by atoms with Gasteiger partial charge >= 0.3 is 18.4 Å². The molecule has 4 bridgehead atoms. The van der Waals surface area contributed by atoms with Crippen LogP contribution in [0.4, 0.5) is 36.8 Å². The van der Waals surface area contributed by atoms with E-state index in [1.807, 2.05) is 0 Å². The lowest BCUT2D eigenvalue weighted by molar-refractivity contribution is -0.277. The monoisotopic (exact) mass is 540 g/mol. The number of pyridine rings is 1. The predicted molar refractivity (Wildman–Crippen MR) is 116 cm³/mol. The highest BCUT2D eigenvalue weighted by Crippen LogP contribution is 2.45. The molecule has 2 atom stereocenters. The number of carbonyl (C=O) groups is 1. The van der Waals surface area contributed by atoms with Gasteiger partial charge in [0.25, 0.3) is 11.8 Å². The third kappa shape index (κ3) is 6.62. The van der Waals surface area contributed by atoms with Gasteiger partial charge in [0.2, 0.25) is 11.5 Å². The van der Waals surface area contributed by atoms with Crippen LogP contribution in [-0.2, 0) is 16.5 Å². The Balaban J connectivity index is 2.23. The van der Waals surface area contributed by atoms with Gasteiger partial charge in [-0.3, -0.25) is 5.32 Å². The third-order valence-corrected chi connectivity index (χ3v) is 5.34. The van der Waals surface area contributed by atoms with Gasteiger partial charge in [0.1, 0.15) is 11.2 Å². The fraction of sp³-hybridized carbons (Fsp3) is 0.636. The first-order valence-electron chi connectivity index (χ1n) is 11.3. The van der Waals surface area contributed by atoms with Crippen LogP contribution in [0.1, 0.15) is 71.3 Å². The molecule has 206 valence electrons. The van der Waals surface area contributed by atoms with Crippen LogP contribution < -0.4 is 10.1 Å². The maximum Gasteiger partial charge on any atom is 0.426 e. The largest absolute Gasteiger partial charge is 0.474 e. The fourth-order valence-electron chi connectivity index (χ4n) is 3.56. The van der Waals surface area contributed by atoms with Gasteiger partial charge in [0, 0.05) is 0 Å². The van der Waals surface area contributed by atoms with Gasteiger partial charge in [-0.2, -0.15) is 26.3 Å². The second-order valence-corrected chi connectivity index (χ2v) is 9.66. The highest BCUT2D eigenvalue weighted by atomic mass is 19.4. The molecule has 15 heteroatoms. The van der Waals surface area contributed by atoms with Crippen molar-refractivity contribution in [2.24, 2.45) is 0 Å². The van der Waals surface area contributed by atoms with E-state index in [1.54, 1.807) is 0 Å². The standard InChI is InChI=1S/C22H26F6N4O5/c1-11-8-6-5-7-9-20(34,22(26,27)28)17-32-31-16(36-17)14-13(29-18(33)37-19(2,3)4)10-12(21(23,24)25)15(30-14)35-11/h10-11,34H,5-9H2,1-4H3,(H,29,33)/t11-,20-/m1/s1. The maximum atomic E-state index is 13.9. The van der Waals surface area contributed by atoms with Gasteiger partial charge in [-0.15, -0.1) is 10.2 Å². The summed E-state index contributed by atoms with van der Waals surface area (Å²) in [5.41, 5.74) is -7.14. The third-order valence-electron chi connectivity index (χ3n) is 5.34. The molecular formula is C22H26F6N4O5. The molecule has 0 saturated heterocycles. The van der Waals surface area contributed by atoms with Crippen LogP contribution in [0, 0.1) is 0 Å². The number of fused-ring (bicyclic) bond motifs is 5. The Morgan fingerprint density at radius 3 is 2.41 bits per heavy atom. The second-order valence-electron chi connectivity index (χ2n) is 9.66. The van der Waals surface area contributed by atoms with Crippen LogP contribution in [0.5, 0.6) is 5.88 Å². The number of hydrogen-bond donors (Lipinski definition) is 2. The van der Waals surface area contributed by atoms with Crippen LogP contribution in [0.25, 0.3) is 11.6 Å². The zero-order chi connectivity index (χ0) is 27.8. The minimum Gasteiger partial charge on any atom is -0.474 e. The number of rotatable bonds is 1. The van der Waals surface area contributed by atoms with Crippen LogP contribution in [0.2, 0.25) is 0 Å². The van der Waals surface area contributed by atoms with Crippen molar-refractivity contribution in [3.05, 3.63) is 17.5 Å². The number of hydrogen-bond acceptors (Lipinski definition) is 8. The molecule has 2 aromatic heterocycles. The lowest BCUT2D eigenvalue weighted by Gasteiger charge is -2.27. The molecule has 2 aromatic rings. The maximum absolute atomic E-state index is 13.9. The summed E-state index contributed by atoms with van der Waals surface area (Å²) in [4.78, 5) is 16.2. The summed E-state index contributed by atoms with van der Waals surface area (Å²) in [7, 11) is 0. The molecule has 0 spiro atoms. The minimum absolute atomic E-state index is 0.0940. The Morgan fingerprint density at radius 2 is 1.81 bits per heavy atom. The number of amides is 1. The van der Waals surface area contributed by atoms with E-state index in [0.717, 1.165) is 0 Å². The van der Waals surface area contributed by atoms with Crippen molar-refractivity contribution in [1.82, 2.24) is 15.2 Å². The molecule has 37 heavy (non-hydrogen) atoms. The number of nitrogens with one attached hydrogen (secondary N) is 1. The molecule has 1 aliphatic rings. The molecule has 0 aromatic carbocycles. The zero-order valence-electron chi connectivity index (χ0n) is 20.4. The summed E-state index contributed by atoms with van der Waals surface area (Å²) in [5, 5.41) is 19.4. The number of halogens is 6. The van der Waals surface area contributed by atoms with E-state index in [0.29, 0.717) is 12.5 Å². The highest BCUT2D eigenvalue weighted by molar-refractivity contribution is 5.89. The summed E-state index contributed by atoms with van der Waals surface area (Å²) < 4.78 is 98.8. The number of aromatic nitrogens is 3. The van der Waals surface area contributed by atoms with Crippen LogP contribution >= 0.6 is 0 Å². The number of ether oxygens (including phenoxy) is 2. The van der Waals surface area contributed by atoms with E-state index in [9.17, 15) is 36.2 Å². The Labute approximate surface area is 207 Å². The van der Waals surface area contributed by atoms with Gasteiger partial charge < -0.3 is 19.0 Å².